The van der Waals surface area contributed by atoms with Gasteiger partial charge < -0.3 is 5.32 Å². The van der Waals surface area contributed by atoms with Crippen LogP contribution in [0.15, 0.2) is 72.8 Å². The molecule has 1 heteroatoms. The summed E-state index contributed by atoms with van der Waals surface area (Å²) in [5.41, 5.74) is 8.29. The lowest BCUT2D eigenvalue weighted by Crippen LogP contribution is -2.05. The van der Waals surface area contributed by atoms with E-state index in [-0.39, 0.29) is 0 Å². The lowest BCUT2D eigenvalue weighted by Gasteiger charge is -2.15. The summed E-state index contributed by atoms with van der Waals surface area (Å²) in [7, 11) is 1.98. The lowest BCUT2D eigenvalue weighted by molar-refractivity contribution is 0.816. The highest BCUT2D eigenvalue weighted by Gasteiger charge is 2.28. The summed E-state index contributed by atoms with van der Waals surface area (Å²) in [4.78, 5) is 0. The van der Waals surface area contributed by atoms with Gasteiger partial charge in [-0.1, -0.05) is 72.8 Å². The van der Waals surface area contributed by atoms with Gasteiger partial charge in [0.25, 0.3) is 0 Å². The van der Waals surface area contributed by atoms with E-state index in [9.17, 15) is 0 Å². The van der Waals surface area contributed by atoms with Gasteiger partial charge >= 0.3 is 0 Å². The minimum absolute atomic E-state index is 0.357. The Bertz CT molecular complexity index is 757. The molecule has 0 spiro atoms. The molecule has 0 heterocycles. The molecule has 1 N–H and O–H groups in total. The number of hydrogen-bond acceptors (Lipinski definition) is 1. The van der Waals surface area contributed by atoms with Crippen LogP contribution in [0.25, 0.3) is 11.1 Å². The molecule has 0 bridgehead atoms. The van der Waals surface area contributed by atoms with Crippen molar-refractivity contribution in [2.24, 2.45) is 0 Å². The van der Waals surface area contributed by atoms with Gasteiger partial charge in [0.15, 0.2) is 0 Å². The van der Waals surface area contributed by atoms with Crippen LogP contribution in [0.5, 0.6) is 0 Å². The maximum atomic E-state index is 3.20. The topological polar surface area (TPSA) is 12.0 Å². The molecule has 0 aromatic heterocycles. The molecule has 3 aromatic rings. The Hall–Kier alpha value is -2.38. The molecular formula is C21H19N. The third-order valence-electron chi connectivity index (χ3n) is 4.53. The van der Waals surface area contributed by atoms with Crippen LogP contribution in [0.3, 0.4) is 0 Å². The molecule has 0 amide bonds. The average Bonchev–Trinajstić information content (AvgIpc) is 2.91. The second-order valence-electron chi connectivity index (χ2n) is 5.88. The number of hydrogen-bond donors (Lipinski definition) is 1. The molecule has 0 fully saturated rings. The molecular weight excluding hydrogens is 266 g/mol. The van der Waals surface area contributed by atoms with E-state index in [2.05, 4.69) is 78.1 Å². The van der Waals surface area contributed by atoms with Gasteiger partial charge in [0.1, 0.15) is 0 Å². The summed E-state index contributed by atoms with van der Waals surface area (Å²) in [6.07, 6.45) is 0. The molecule has 22 heavy (non-hydrogen) atoms. The second kappa shape index (κ2) is 5.43. The predicted molar refractivity (Wildman–Crippen MR) is 92.0 cm³/mol. The van der Waals surface area contributed by atoms with E-state index in [1.165, 1.54) is 33.4 Å². The second-order valence-corrected chi connectivity index (χ2v) is 5.88. The van der Waals surface area contributed by atoms with E-state index < -0.39 is 0 Å². The van der Waals surface area contributed by atoms with Crippen LogP contribution >= 0.6 is 0 Å². The Morgan fingerprint density at radius 3 is 1.82 bits per heavy atom. The SMILES string of the molecule is CNCc1ccc(C2c3ccccc3-c3ccccc32)cc1. The van der Waals surface area contributed by atoms with E-state index in [1.54, 1.807) is 0 Å². The van der Waals surface area contributed by atoms with Crippen molar-refractivity contribution in [3.05, 3.63) is 95.1 Å². The predicted octanol–water partition coefficient (Wildman–Crippen LogP) is 4.57. The highest BCUT2D eigenvalue weighted by Crippen LogP contribution is 2.47. The molecule has 0 saturated heterocycles. The minimum Gasteiger partial charge on any atom is -0.316 e. The summed E-state index contributed by atoms with van der Waals surface area (Å²) >= 11 is 0. The number of nitrogens with one attached hydrogen (secondary N) is 1. The Morgan fingerprint density at radius 2 is 1.27 bits per heavy atom. The first-order valence-corrected chi connectivity index (χ1v) is 7.80. The van der Waals surface area contributed by atoms with Crippen molar-refractivity contribution in [2.75, 3.05) is 7.05 Å². The Morgan fingerprint density at radius 1 is 0.727 bits per heavy atom. The van der Waals surface area contributed by atoms with E-state index in [4.69, 9.17) is 0 Å². The molecule has 3 aromatic carbocycles. The van der Waals surface area contributed by atoms with Crippen LogP contribution in [0.4, 0.5) is 0 Å². The average molecular weight is 285 g/mol. The Labute approximate surface area is 131 Å². The summed E-state index contributed by atoms with van der Waals surface area (Å²) in [5.74, 6) is 0.357. The normalized spacial score (nSPS) is 13.0. The maximum Gasteiger partial charge on any atom is 0.0352 e. The molecule has 4 rings (SSSR count). The summed E-state index contributed by atoms with van der Waals surface area (Å²) in [6, 6.07) is 26.6. The monoisotopic (exact) mass is 285 g/mol. The molecule has 0 atom stereocenters. The number of rotatable bonds is 3. The lowest BCUT2D eigenvalue weighted by atomic mass is 9.89. The van der Waals surface area contributed by atoms with Crippen molar-refractivity contribution in [1.29, 1.82) is 0 Å². The van der Waals surface area contributed by atoms with Crippen molar-refractivity contribution in [3.8, 4) is 11.1 Å². The van der Waals surface area contributed by atoms with Crippen LogP contribution < -0.4 is 5.32 Å². The van der Waals surface area contributed by atoms with Crippen LogP contribution in [-0.2, 0) is 6.54 Å². The number of benzene rings is 3. The third kappa shape index (κ3) is 2.06. The van der Waals surface area contributed by atoms with Gasteiger partial charge in [-0.2, -0.15) is 0 Å². The molecule has 1 nitrogen and oxygen atoms in total. The number of fused-ring (bicyclic) bond motifs is 3. The van der Waals surface area contributed by atoms with Crippen molar-refractivity contribution in [3.63, 3.8) is 0 Å². The van der Waals surface area contributed by atoms with E-state index >= 15 is 0 Å². The van der Waals surface area contributed by atoms with Gasteiger partial charge in [-0.25, -0.2) is 0 Å². The van der Waals surface area contributed by atoms with Crippen molar-refractivity contribution < 1.29 is 0 Å². The zero-order chi connectivity index (χ0) is 14.9. The summed E-state index contributed by atoms with van der Waals surface area (Å²) in [6.45, 7) is 0.915. The standard InChI is InChI=1S/C21H19N/c1-22-14-15-10-12-16(13-11-15)21-19-8-4-2-6-17(19)18-7-3-5-9-20(18)21/h2-13,21-22H,14H2,1H3. The van der Waals surface area contributed by atoms with Gasteiger partial charge in [0, 0.05) is 12.5 Å². The molecule has 0 aliphatic heterocycles. The maximum absolute atomic E-state index is 3.20. The van der Waals surface area contributed by atoms with Crippen LogP contribution in [0.2, 0.25) is 0 Å². The van der Waals surface area contributed by atoms with E-state index in [0.717, 1.165) is 6.54 Å². The van der Waals surface area contributed by atoms with Crippen molar-refractivity contribution in [1.82, 2.24) is 5.32 Å². The van der Waals surface area contributed by atoms with Gasteiger partial charge in [-0.15, -0.1) is 0 Å². The van der Waals surface area contributed by atoms with Gasteiger partial charge in [0.05, 0.1) is 0 Å². The molecule has 0 unspecified atom stereocenters. The Balaban J connectivity index is 1.84. The first-order chi connectivity index (χ1) is 10.9. The molecule has 108 valence electrons. The van der Waals surface area contributed by atoms with E-state index in [1.807, 2.05) is 7.05 Å². The molecule has 0 saturated carbocycles. The fourth-order valence-electron chi connectivity index (χ4n) is 3.55. The first-order valence-electron chi connectivity index (χ1n) is 7.80. The fourth-order valence-corrected chi connectivity index (χ4v) is 3.55. The van der Waals surface area contributed by atoms with Crippen LogP contribution in [0.1, 0.15) is 28.2 Å². The highest BCUT2D eigenvalue weighted by molar-refractivity contribution is 5.80. The van der Waals surface area contributed by atoms with Crippen LogP contribution in [0, 0.1) is 0 Å². The van der Waals surface area contributed by atoms with Gasteiger partial charge in [-0.3, -0.25) is 0 Å². The summed E-state index contributed by atoms with van der Waals surface area (Å²) in [5, 5.41) is 3.20. The van der Waals surface area contributed by atoms with Gasteiger partial charge in [-0.05, 0) is 40.4 Å². The quantitative estimate of drug-likeness (QED) is 0.581. The smallest absolute Gasteiger partial charge is 0.0352 e. The largest absolute Gasteiger partial charge is 0.316 e. The van der Waals surface area contributed by atoms with Gasteiger partial charge in [0.2, 0.25) is 0 Å². The molecule has 1 aliphatic carbocycles. The van der Waals surface area contributed by atoms with Crippen molar-refractivity contribution >= 4 is 0 Å². The fraction of sp³-hybridized carbons (Fsp3) is 0.143. The van der Waals surface area contributed by atoms with E-state index in [0.29, 0.717) is 5.92 Å². The third-order valence-corrected chi connectivity index (χ3v) is 4.53. The zero-order valence-electron chi connectivity index (χ0n) is 12.7. The molecule has 1 aliphatic rings. The Kier molecular flexibility index (Phi) is 3.28. The highest BCUT2D eigenvalue weighted by atomic mass is 14.8. The van der Waals surface area contributed by atoms with Crippen LogP contribution in [-0.4, -0.2) is 7.05 Å². The molecule has 0 radical (unpaired) electrons. The van der Waals surface area contributed by atoms with Crippen molar-refractivity contribution in [2.45, 2.75) is 12.5 Å². The zero-order valence-corrected chi connectivity index (χ0v) is 12.7. The summed E-state index contributed by atoms with van der Waals surface area (Å²) < 4.78 is 0. The first kappa shape index (κ1) is 13.3. The minimum atomic E-state index is 0.357.